The second-order valence-corrected chi connectivity index (χ2v) is 6.69. The Morgan fingerprint density at radius 2 is 2.00 bits per heavy atom. The van der Waals surface area contributed by atoms with Crippen molar-refractivity contribution in [1.29, 1.82) is 0 Å². The van der Waals surface area contributed by atoms with Gasteiger partial charge in [0.05, 0.1) is 6.61 Å². The van der Waals surface area contributed by atoms with Gasteiger partial charge in [0.2, 0.25) is 0 Å². The highest BCUT2D eigenvalue weighted by Crippen LogP contribution is 2.33. The minimum Gasteiger partial charge on any atom is -0.462 e. The molecule has 1 aromatic heterocycles. The molecule has 3 rings (SSSR count). The molecule has 2 heterocycles. The van der Waals surface area contributed by atoms with Crippen molar-refractivity contribution < 1.29 is 14.3 Å². The molecular formula is C18H20N2O3S. The topological polar surface area (TPSA) is 49.9 Å². The number of hydrogen-bond acceptors (Lipinski definition) is 4. The summed E-state index contributed by atoms with van der Waals surface area (Å²) >= 11 is 1.32. The molecule has 0 atom stereocenters. The maximum atomic E-state index is 12.7. The Morgan fingerprint density at radius 1 is 1.25 bits per heavy atom. The third-order valence-corrected chi connectivity index (χ3v) is 5.18. The molecule has 0 saturated carbocycles. The molecular weight excluding hydrogens is 324 g/mol. The molecule has 0 unspecified atom stereocenters. The maximum Gasteiger partial charge on any atom is 0.348 e. The first kappa shape index (κ1) is 16.5. The van der Waals surface area contributed by atoms with Crippen LogP contribution in [0.25, 0.3) is 0 Å². The maximum absolute atomic E-state index is 12.7. The molecule has 1 saturated heterocycles. The van der Waals surface area contributed by atoms with Crippen LogP contribution in [0.1, 0.15) is 27.7 Å². The molecule has 0 radical (unpaired) electrons. The molecule has 24 heavy (non-hydrogen) atoms. The van der Waals surface area contributed by atoms with Crippen molar-refractivity contribution >= 4 is 28.3 Å². The molecule has 1 aromatic carbocycles. The van der Waals surface area contributed by atoms with Gasteiger partial charge in [-0.05, 0) is 31.0 Å². The molecule has 6 heteroatoms. The number of amides is 2. The van der Waals surface area contributed by atoms with Crippen LogP contribution in [0, 0.1) is 6.92 Å². The first-order chi connectivity index (χ1) is 11.6. The Balaban J connectivity index is 1.73. The van der Waals surface area contributed by atoms with E-state index in [1.54, 1.807) is 11.8 Å². The van der Waals surface area contributed by atoms with Gasteiger partial charge in [-0.3, -0.25) is 4.90 Å². The van der Waals surface area contributed by atoms with Crippen molar-refractivity contribution in [1.82, 2.24) is 4.90 Å². The van der Waals surface area contributed by atoms with Gasteiger partial charge in [0.1, 0.15) is 9.88 Å². The van der Waals surface area contributed by atoms with Crippen molar-refractivity contribution in [2.75, 3.05) is 24.6 Å². The fourth-order valence-electron chi connectivity index (χ4n) is 2.74. The number of urea groups is 1. The molecule has 2 aromatic rings. The highest BCUT2D eigenvalue weighted by molar-refractivity contribution is 7.18. The standard InChI is InChI=1S/C18H20N2O3S/c1-3-23-17(21)16-13(2)11-15(24-16)20-10-9-19(18(20)22)12-14-7-5-4-6-8-14/h4-8,11H,3,9-10,12H2,1-2H3. The lowest BCUT2D eigenvalue weighted by atomic mass is 10.2. The lowest BCUT2D eigenvalue weighted by molar-refractivity contribution is 0.0531. The number of hydrogen-bond donors (Lipinski definition) is 0. The number of nitrogens with zero attached hydrogens (tertiary/aromatic N) is 2. The van der Waals surface area contributed by atoms with Gasteiger partial charge in [0, 0.05) is 19.6 Å². The van der Waals surface area contributed by atoms with E-state index in [1.165, 1.54) is 11.3 Å². The minimum absolute atomic E-state index is 0.0180. The van der Waals surface area contributed by atoms with E-state index in [1.807, 2.05) is 48.2 Å². The predicted molar refractivity (Wildman–Crippen MR) is 94.6 cm³/mol. The number of aryl methyl sites for hydroxylation is 1. The average molecular weight is 344 g/mol. The molecule has 0 aliphatic carbocycles. The number of carbonyl (C=O) groups is 2. The molecule has 0 N–H and O–H groups in total. The highest BCUT2D eigenvalue weighted by Gasteiger charge is 2.31. The Kier molecular flexibility index (Phi) is 4.85. The molecule has 1 aliphatic rings. The lowest BCUT2D eigenvalue weighted by Gasteiger charge is -2.17. The smallest absolute Gasteiger partial charge is 0.348 e. The van der Waals surface area contributed by atoms with Crippen LogP contribution >= 0.6 is 11.3 Å². The van der Waals surface area contributed by atoms with Crippen LogP contribution in [-0.2, 0) is 11.3 Å². The molecule has 1 aliphatic heterocycles. The summed E-state index contributed by atoms with van der Waals surface area (Å²) in [5.41, 5.74) is 1.96. The van der Waals surface area contributed by atoms with E-state index in [9.17, 15) is 9.59 Å². The number of thiophene rings is 1. The fourth-order valence-corrected chi connectivity index (χ4v) is 3.82. The minimum atomic E-state index is -0.320. The SMILES string of the molecule is CCOC(=O)c1sc(N2CCN(Cc3ccccc3)C2=O)cc1C. The third kappa shape index (κ3) is 3.28. The summed E-state index contributed by atoms with van der Waals surface area (Å²) in [6.07, 6.45) is 0. The van der Waals surface area contributed by atoms with Gasteiger partial charge < -0.3 is 9.64 Å². The molecule has 1 fully saturated rings. The summed E-state index contributed by atoms with van der Waals surface area (Å²) in [6.45, 7) is 5.92. The molecule has 5 nitrogen and oxygen atoms in total. The molecule has 126 valence electrons. The zero-order chi connectivity index (χ0) is 17.1. The second-order valence-electron chi connectivity index (χ2n) is 5.66. The zero-order valence-corrected chi connectivity index (χ0v) is 14.6. The summed E-state index contributed by atoms with van der Waals surface area (Å²) in [4.78, 5) is 28.8. The van der Waals surface area contributed by atoms with Crippen LogP contribution in [0.4, 0.5) is 9.80 Å². The monoisotopic (exact) mass is 344 g/mol. The normalized spacial score (nSPS) is 14.3. The van der Waals surface area contributed by atoms with Gasteiger partial charge in [0.15, 0.2) is 0 Å². The number of rotatable bonds is 5. The molecule has 0 spiro atoms. The zero-order valence-electron chi connectivity index (χ0n) is 13.8. The van der Waals surface area contributed by atoms with Crippen molar-refractivity contribution in [3.63, 3.8) is 0 Å². The number of anilines is 1. The van der Waals surface area contributed by atoms with Crippen LogP contribution in [0.5, 0.6) is 0 Å². The van der Waals surface area contributed by atoms with E-state index in [2.05, 4.69) is 0 Å². The van der Waals surface area contributed by atoms with Crippen LogP contribution in [0.3, 0.4) is 0 Å². The number of benzene rings is 1. The number of carbonyl (C=O) groups excluding carboxylic acids is 2. The van der Waals surface area contributed by atoms with E-state index in [-0.39, 0.29) is 12.0 Å². The summed E-state index contributed by atoms with van der Waals surface area (Å²) in [6, 6.07) is 11.8. The quantitative estimate of drug-likeness (QED) is 0.778. The van der Waals surface area contributed by atoms with Crippen LogP contribution in [-0.4, -0.2) is 36.6 Å². The van der Waals surface area contributed by atoms with Crippen molar-refractivity contribution in [3.05, 3.63) is 52.4 Å². The summed E-state index contributed by atoms with van der Waals surface area (Å²) in [5.74, 6) is -0.320. The Hall–Kier alpha value is -2.34. The highest BCUT2D eigenvalue weighted by atomic mass is 32.1. The Morgan fingerprint density at radius 3 is 2.71 bits per heavy atom. The first-order valence-electron chi connectivity index (χ1n) is 7.98. The third-order valence-electron chi connectivity index (χ3n) is 3.94. The predicted octanol–water partition coefficient (Wildman–Crippen LogP) is 3.68. The van der Waals surface area contributed by atoms with Gasteiger partial charge in [-0.1, -0.05) is 30.3 Å². The Labute approximate surface area is 145 Å². The van der Waals surface area contributed by atoms with Crippen LogP contribution < -0.4 is 4.90 Å². The van der Waals surface area contributed by atoms with E-state index >= 15 is 0 Å². The second kappa shape index (κ2) is 7.05. The van der Waals surface area contributed by atoms with Crippen LogP contribution in [0.2, 0.25) is 0 Å². The van der Waals surface area contributed by atoms with Gasteiger partial charge >= 0.3 is 12.0 Å². The van der Waals surface area contributed by atoms with Gasteiger partial charge in [-0.25, -0.2) is 9.59 Å². The van der Waals surface area contributed by atoms with E-state index in [4.69, 9.17) is 4.74 Å². The summed E-state index contributed by atoms with van der Waals surface area (Å²) < 4.78 is 5.07. The van der Waals surface area contributed by atoms with Crippen molar-refractivity contribution in [2.45, 2.75) is 20.4 Å². The van der Waals surface area contributed by atoms with Gasteiger partial charge in [0.25, 0.3) is 0 Å². The summed E-state index contributed by atoms with van der Waals surface area (Å²) in [5, 5.41) is 0.802. The van der Waals surface area contributed by atoms with Crippen molar-refractivity contribution in [2.24, 2.45) is 0 Å². The largest absolute Gasteiger partial charge is 0.462 e. The van der Waals surface area contributed by atoms with Crippen molar-refractivity contribution in [3.8, 4) is 0 Å². The fraction of sp³-hybridized carbons (Fsp3) is 0.333. The molecule has 2 amide bonds. The number of ether oxygens (including phenoxy) is 1. The van der Waals surface area contributed by atoms with E-state index in [0.29, 0.717) is 31.1 Å². The van der Waals surface area contributed by atoms with E-state index < -0.39 is 0 Å². The Bertz CT molecular complexity index is 742. The first-order valence-corrected chi connectivity index (χ1v) is 8.79. The van der Waals surface area contributed by atoms with Gasteiger partial charge in [-0.2, -0.15) is 0 Å². The van der Waals surface area contributed by atoms with Crippen LogP contribution in [0.15, 0.2) is 36.4 Å². The molecule has 0 bridgehead atoms. The average Bonchev–Trinajstić information content (AvgIpc) is 3.12. The van der Waals surface area contributed by atoms with Gasteiger partial charge in [-0.15, -0.1) is 11.3 Å². The number of esters is 1. The van der Waals surface area contributed by atoms with E-state index in [0.717, 1.165) is 16.1 Å². The lowest BCUT2D eigenvalue weighted by Crippen LogP contribution is -2.30. The summed E-state index contributed by atoms with van der Waals surface area (Å²) in [7, 11) is 0.